The Balaban J connectivity index is 2.22. The first-order valence-electron chi connectivity index (χ1n) is 8.73. The van der Waals surface area contributed by atoms with E-state index in [1.165, 1.54) is 7.11 Å². The van der Waals surface area contributed by atoms with Gasteiger partial charge in [0.2, 0.25) is 15.9 Å². The van der Waals surface area contributed by atoms with Crippen molar-refractivity contribution in [3.8, 4) is 5.75 Å². The van der Waals surface area contributed by atoms with Crippen LogP contribution in [0.5, 0.6) is 5.75 Å². The summed E-state index contributed by atoms with van der Waals surface area (Å²) < 4.78 is 30.9. The van der Waals surface area contributed by atoms with Crippen LogP contribution in [0.15, 0.2) is 48.5 Å². The van der Waals surface area contributed by atoms with Gasteiger partial charge in [-0.1, -0.05) is 48.9 Å². The molecule has 0 aliphatic heterocycles. The summed E-state index contributed by atoms with van der Waals surface area (Å²) in [6.45, 7) is 3.65. The average molecular weight is 391 g/mol. The van der Waals surface area contributed by atoms with Gasteiger partial charge in [0.15, 0.2) is 0 Å². The molecule has 1 amide bonds. The summed E-state index contributed by atoms with van der Waals surface area (Å²) in [5.41, 5.74) is 2.46. The molecule has 0 aromatic heterocycles. The lowest BCUT2D eigenvalue weighted by Crippen LogP contribution is -2.41. The van der Waals surface area contributed by atoms with Crippen LogP contribution in [-0.2, 0) is 14.8 Å². The molecule has 0 spiro atoms. The summed E-state index contributed by atoms with van der Waals surface area (Å²) >= 11 is 0. The van der Waals surface area contributed by atoms with Crippen molar-refractivity contribution in [1.29, 1.82) is 0 Å². The first kappa shape index (κ1) is 20.8. The van der Waals surface area contributed by atoms with Crippen LogP contribution >= 0.6 is 0 Å². The number of nitrogens with one attached hydrogen (secondary N) is 1. The number of sulfonamides is 1. The molecule has 0 unspecified atom stereocenters. The van der Waals surface area contributed by atoms with Crippen LogP contribution in [0.3, 0.4) is 0 Å². The smallest absolute Gasteiger partial charge is 0.241 e. The predicted molar refractivity (Wildman–Crippen MR) is 108 cm³/mol. The molecule has 146 valence electrons. The lowest BCUT2D eigenvalue weighted by atomic mass is 10.0. The Morgan fingerprint density at radius 3 is 2.33 bits per heavy atom. The maximum atomic E-state index is 12.6. The topological polar surface area (TPSA) is 75.7 Å². The number of benzene rings is 2. The van der Waals surface area contributed by atoms with E-state index in [-0.39, 0.29) is 18.5 Å². The summed E-state index contributed by atoms with van der Waals surface area (Å²) in [4.78, 5) is 12.6. The highest BCUT2D eigenvalue weighted by Crippen LogP contribution is 2.29. The third-order valence-corrected chi connectivity index (χ3v) is 5.39. The minimum absolute atomic E-state index is 0.183. The van der Waals surface area contributed by atoms with Gasteiger partial charge < -0.3 is 10.1 Å². The van der Waals surface area contributed by atoms with Gasteiger partial charge in [0, 0.05) is 0 Å². The van der Waals surface area contributed by atoms with E-state index in [9.17, 15) is 13.2 Å². The standard InChI is InChI=1S/C20H26N2O4S/c1-5-17(16-12-10-15(2)11-13-16)21-20(23)14-22(27(4,24)25)18-8-6-7-9-19(18)26-3/h6-13,17H,5,14H2,1-4H3,(H,21,23)/t17-/m1/s1. The first-order valence-corrected chi connectivity index (χ1v) is 10.6. The minimum atomic E-state index is -3.67. The zero-order valence-corrected chi connectivity index (χ0v) is 16.9. The fourth-order valence-corrected chi connectivity index (χ4v) is 3.67. The molecule has 2 aromatic carbocycles. The summed E-state index contributed by atoms with van der Waals surface area (Å²) in [5.74, 6) is 0.0139. The Morgan fingerprint density at radius 1 is 1.15 bits per heavy atom. The van der Waals surface area contributed by atoms with Crippen molar-refractivity contribution in [3.05, 3.63) is 59.7 Å². The van der Waals surface area contributed by atoms with Crippen LogP contribution in [-0.4, -0.2) is 34.2 Å². The van der Waals surface area contributed by atoms with E-state index < -0.39 is 10.0 Å². The van der Waals surface area contributed by atoms with E-state index in [1.807, 2.05) is 38.1 Å². The molecule has 0 aliphatic carbocycles. The quantitative estimate of drug-likeness (QED) is 0.752. The van der Waals surface area contributed by atoms with E-state index in [2.05, 4.69) is 5.32 Å². The number of hydrogen-bond donors (Lipinski definition) is 1. The number of para-hydroxylation sites is 2. The Hall–Kier alpha value is -2.54. The van der Waals surface area contributed by atoms with Gasteiger partial charge >= 0.3 is 0 Å². The van der Waals surface area contributed by atoms with Gasteiger partial charge in [0.05, 0.1) is 25.1 Å². The molecule has 1 N–H and O–H groups in total. The highest BCUT2D eigenvalue weighted by Gasteiger charge is 2.24. The van der Waals surface area contributed by atoms with Crippen LogP contribution in [0.2, 0.25) is 0 Å². The molecule has 7 heteroatoms. The van der Waals surface area contributed by atoms with Crippen molar-refractivity contribution in [2.75, 3.05) is 24.2 Å². The van der Waals surface area contributed by atoms with Crippen molar-refractivity contribution in [1.82, 2.24) is 5.32 Å². The van der Waals surface area contributed by atoms with Crippen LogP contribution in [0.1, 0.15) is 30.5 Å². The number of aryl methyl sites for hydroxylation is 1. The van der Waals surface area contributed by atoms with Gasteiger partial charge in [0.25, 0.3) is 0 Å². The van der Waals surface area contributed by atoms with Gasteiger partial charge in [-0.3, -0.25) is 9.10 Å². The second kappa shape index (κ2) is 8.90. The van der Waals surface area contributed by atoms with E-state index >= 15 is 0 Å². The van der Waals surface area contributed by atoms with Crippen LogP contribution in [0.4, 0.5) is 5.69 Å². The van der Waals surface area contributed by atoms with E-state index in [4.69, 9.17) is 4.74 Å². The molecule has 0 saturated carbocycles. The number of nitrogens with zero attached hydrogens (tertiary/aromatic N) is 1. The van der Waals surface area contributed by atoms with Crippen LogP contribution < -0.4 is 14.4 Å². The fourth-order valence-electron chi connectivity index (χ4n) is 2.81. The zero-order chi connectivity index (χ0) is 20.0. The number of carbonyl (C=O) groups excluding carboxylic acids is 1. The molecule has 27 heavy (non-hydrogen) atoms. The van der Waals surface area contributed by atoms with Crippen molar-refractivity contribution < 1.29 is 17.9 Å². The number of ether oxygens (including phenoxy) is 1. The third-order valence-electron chi connectivity index (χ3n) is 4.26. The van der Waals surface area contributed by atoms with Crippen LogP contribution in [0.25, 0.3) is 0 Å². The number of methoxy groups -OCH3 is 1. The predicted octanol–water partition coefficient (Wildman–Crippen LogP) is 3.04. The van der Waals surface area contributed by atoms with Crippen molar-refractivity contribution in [2.45, 2.75) is 26.3 Å². The second-order valence-electron chi connectivity index (χ2n) is 6.38. The normalized spacial score (nSPS) is 12.3. The molecular weight excluding hydrogens is 364 g/mol. The summed E-state index contributed by atoms with van der Waals surface area (Å²) in [6.07, 6.45) is 1.77. The second-order valence-corrected chi connectivity index (χ2v) is 8.29. The monoisotopic (exact) mass is 390 g/mol. The first-order chi connectivity index (χ1) is 12.8. The molecular formula is C20H26N2O4S. The number of amides is 1. The highest BCUT2D eigenvalue weighted by molar-refractivity contribution is 7.92. The molecule has 0 aliphatic rings. The lowest BCUT2D eigenvalue weighted by molar-refractivity contribution is -0.120. The Kier molecular flexibility index (Phi) is 6.85. The van der Waals surface area contributed by atoms with E-state index in [0.717, 1.165) is 21.7 Å². The number of carbonyl (C=O) groups is 1. The molecule has 2 aromatic rings. The third kappa shape index (κ3) is 5.47. The number of rotatable bonds is 8. The molecule has 6 nitrogen and oxygen atoms in total. The molecule has 0 heterocycles. The molecule has 0 radical (unpaired) electrons. The van der Waals surface area contributed by atoms with Crippen molar-refractivity contribution >= 4 is 21.6 Å². The lowest BCUT2D eigenvalue weighted by Gasteiger charge is -2.25. The van der Waals surface area contributed by atoms with E-state index in [0.29, 0.717) is 17.9 Å². The van der Waals surface area contributed by atoms with Gasteiger partial charge in [-0.05, 0) is 31.0 Å². The summed E-state index contributed by atoms with van der Waals surface area (Å²) in [6, 6.07) is 14.5. The Bertz CT molecular complexity index is 879. The fraction of sp³-hybridized carbons (Fsp3) is 0.350. The Morgan fingerprint density at radius 2 is 1.78 bits per heavy atom. The van der Waals surface area contributed by atoms with Crippen LogP contribution in [0, 0.1) is 6.92 Å². The van der Waals surface area contributed by atoms with Gasteiger partial charge in [-0.15, -0.1) is 0 Å². The van der Waals surface area contributed by atoms with E-state index in [1.54, 1.807) is 24.3 Å². The van der Waals surface area contributed by atoms with Gasteiger partial charge in [-0.25, -0.2) is 8.42 Å². The Labute approximate surface area is 161 Å². The molecule has 0 saturated heterocycles. The largest absolute Gasteiger partial charge is 0.495 e. The highest BCUT2D eigenvalue weighted by atomic mass is 32.2. The number of anilines is 1. The molecule has 2 rings (SSSR count). The molecule has 0 bridgehead atoms. The summed E-state index contributed by atoms with van der Waals surface area (Å²) in [5, 5.41) is 2.93. The van der Waals surface area contributed by atoms with Crippen molar-refractivity contribution in [3.63, 3.8) is 0 Å². The zero-order valence-electron chi connectivity index (χ0n) is 16.1. The molecule has 0 fully saturated rings. The van der Waals surface area contributed by atoms with Gasteiger partial charge in [-0.2, -0.15) is 0 Å². The summed E-state index contributed by atoms with van der Waals surface area (Å²) in [7, 11) is -2.20. The SMILES string of the molecule is CC[C@@H](NC(=O)CN(c1ccccc1OC)S(C)(=O)=O)c1ccc(C)cc1. The molecule has 1 atom stereocenters. The van der Waals surface area contributed by atoms with Crippen molar-refractivity contribution in [2.24, 2.45) is 0 Å². The van der Waals surface area contributed by atoms with Gasteiger partial charge in [0.1, 0.15) is 12.3 Å². The maximum absolute atomic E-state index is 12.6. The maximum Gasteiger partial charge on any atom is 0.241 e. The average Bonchev–Trinajstić information content (AvgIpc) is 2.64. The minimum Gasteiger partial charge on any atom is -0.495 e. The number of hydrogen-bond acceptors (Lipinski definition) is 4.